The zero-order valence-electron chi connectivity index (χ0n) is 11.6. The molecule has 2 rings (SSSR count). The molecule has 2 aromatic rings. The number of nitrogens with one attached hydrogen (secondary N) is 1. The van der Waals surface area contributed by atoms with Crippen molar-refractivity contribution in [2.45, 2.75) is 26.4 Å². The van der Waals surface area contributed by atoms with E-state index in [0.29, 0.717) is 17.3 Å². The fraction of sp³-hybridized carbons (Fsp3) is 0.286. The highest BCUT2D eigenvalue weighted by atomic mass is 19.1. The highest BCUT2D eigenvalue weighted by Crippen LogP contribution is 2.19. The number of oxazole rings is 1. The van der Waals surface area contributed by atoms with E-state index >= 15 is 0 Å². The van der Waals surface area contributed by atoms with E-state index in [1.807, 2.05) is 0 Å². The highest BCUT2D eigenvalue weighted by Gasteiger charge is 2.23. The molecule has 7 heteroatoms. The fourth-order valence-electron chi connectivity index (χ4n) is 1.95. The van der Waals surface area contributed by atoms with Crippen LogP contribution in [0.1, 0.15) is 29.0 Å². The number of rotatable bonds is 4. The van der Waals surface area contributed by atoms with E-state index in [4.69, 9.17) is 10.2 Å². The van der Waals surface area contributed by atoms with E-state index in [2.05, 4.69) is 10.3 Å². The Morgan fingerprint density at radius 2 is 2.00 bits per heavy atom. The lowest BCUT2D eigenvalue weighted by atomic mass is 10.1. The summed E-state index contributed by atoms with van der Waals surface area (Å²) in [5, 5.41) is 2.47. The predicted octanol–water partition coefficient (Wildman–Crippen LogP) is 1.89. The van der Waals surface area contributed by atoms with Crippen molar-refractivity contribution >= 4 is 5.91 Å². The van der Waals surface area contributed by atoms with Gasteiger partial charge in [-0.2, -0.15) is 0 Å². The number of hydrogen-bond donors (Lipinski definition) is 2. The van der Waals surface area contributed by atoms with Crippen molar-refractivity contribution in [1.82, 2.24) is 10.3 Å². The summed E-state index contributed by atoms with van der Waals surface area (Å²) < 4.78 is 32.4. The van der Waals surface area contributed by atoms with Gasteiger partial charge in [0.05, 0.1) is 12.2 Å². The molecule has 1 aromatic carbocycles. The van der Waals surface area contributed by atoms with Gasteiger partial charge < -0.3 is 15.5 Å². The monoisotopic (exact) mass is 295 g/mol. The summed E-state index contributed by atoms with van der Waals surface area (Å²) in [6, 6.07) is 1.88. The van der Waals surface area contributed by atoms with E-state index in [-0.39, 0.29) is 6.54 Å². The number of aryl methyl sites for hydroxylation is 2. The number of hydrogen-bond acceptors (Lipinski definition) is 4. The fourth-order valence-corrected chi connectivity index (χ4v) is 1.95. The van der Waals surface area contributed by atoms with Crippen LogP contribution in [0.15, 0.2) is 22.6 Å². The van der Waals surface area contributed by atoms with Crippen molar-refractivity contribution < 1.29 is 18.0 Å². The second kappa shape index (κ2) is 6.01. The van der Waals surface area contributed by atoms with Crippen molar-refractivity contribution in [3.63, 3.8) is 0 Å². The Bertz CT molecular complexity index is 650. The van der Waals surface area contributed by atoms with Gasteiger partial charge in [0.25, 0.3) is 0 Å². The molecule has 112 valence electrons. The van der Waals surface area contributed by atoms with Gasteiger partial charge in [0.1, 0.15) is 23.4 Å². The lowest BCUT2D eigenvalue weighted by Crippen LogP contribution is -2.34. The number of nitrogens with two attached hydrogens (primary N) is 1. The van der Waals surface area contributed by atoms with Gasteiger partial charge in [-0.1, -0.05) is 6.07 Å². The third-order valence-corrected chi connectivity index (χ3v) is 3.02. The molecule has 1 unspecified atom stereocenters. The van der Waals surface area contributed by atoms with Crippen LogP contribution in [0.4, 0.5) is 8.78 Å². The molecule has 0 saturated heterocycles. The van der Waals surface area contributed by atoms with E-state index in [1.54, 1.807) is 13.8 Å². The summed E-state index contributed by atoms with van der Waals surface area (Å²) in [4.78, 5) is 16.0. The first kappa shape index (κ1) is 15.1. The summed E-state index contributed by atoms with van der Waals surface area (Å²) in [5.41, 5.74) is 5.79. The van der Waals surface area contributed by atoms with Crippen LogP contribution in [0, 0.1) is 25.5 Å². The smallest absolute Gasteiger partial charge is 0.242 e. The number of nitrogens with zero attached hydrogens (tertiary/aromatic N) is 1. The number of amides is 1. The molecule has 0 spiro atoms. The van der Waals surface area contributed by atoms with Gasteiger partial charge in [0.15, 0.2) is 5.89 Å². The molecular weight excluding hydrogens is 280 g/mol. The van der Waals surface area contributed by atoms with Crippen molar-refractivity contribution in [2.75, 3.05) is 0 Å². The minimum Gasteiger partial charge on any atom is -0.444 e. The SMILES string of the molecule is Cc1nc(C)c(CNC(=O)C(N)c2c(F)cccc2F)o1. The molecule has 0 aliphatic rings. The molecule has 3 N–H and O–H groups in total. The first-order valence-corrected chi connectivity index (χ1v) is 6.30. The van der Waals surface area contributed by atoms with Crippen LogP contribution in [0.5, 0.6) is 0 Å². The second-order valence-corrected chi connectivity index (χ2v) is 4.57. The van der Waals surface area contributed by atoms with E-state index in [9.17, 15) is 13.6 Å². The van der Waals surface area contributed by atoms with Gasteiger partial charge in [-0.15, -0.1) is 0 Å². The molecule has 0 radical (unpaired) electrons. The molecule has 0 aliphatic carbocycles. The Kier molecular flexibility index (Phi) is 4.32. The summed E-state index contributed by atoms with van der Waals surface area (Å²) in [5.74, 6) is -1.47. The topological polar surface area (TPSA) is 81.2 Å². The summed E-state index contributed by atoms with van der Waals surface area (Å²) >= 11 is 0. The maximum absolute atomic E-state index is 13.6. The van der Waals surface area contributed by atoms with Crippen LogP contribution in [-0.4, -0.2) is 10.9 Å². The van der Waals surface area contributed by atoms with Crippen LogP contribution in [0.3, 0.4) is 0 Å². The molecule has 1 amide bonds. The van der Waals surface area contributed by atoms with Gasteiger partial charge in [-0.25, -0.2) is 13.8 Å². The summed E-state index contributed by atoms with van der Waals surface area (Å²) in [6.45, 7) is 3.46. The standard InChI is InChI=1S/C14H15F2N3O2/c1-7-11(21-8(2)19-7)6-18-14(20)13(17)12-9(15)4-3-5-10(12)16/h3-5,13H,6,17H2,1-2H3,(H,18,20). The number of aromatic nitrogens is 1. The molecular formula is C14H15F2N3O2. The van der Waals surface area contributed by atoms with Crippen molar-refractivity contribution in [2.24, 2.45) is 5.73 Å². The van der Waals surface area contributed by atoms with E-state index in [1.165, 1.54) is 6.07 Å². The lowest BCUT2D eigenvalue weighted by molar-refractivity contribution is -0.122. The third kappa shape index (κ3) is 3.25. The van der Waals surface area contributed by atoms with Crippen molar-refractivity contribution in [3.8, 4) is 0 Å². The number of halogens is 2. The Labute approximate surface area is 120 Å². The average Bonchev–Trinajstić information content (AvgIpc) is 2.74. The first-order chi connectivity index (χ1) is 9.90. The quantitative estimate of drug-likeness (QED) is 0.902. The van der Waals surface area contributed by atoms with Crippen molar-refractivity contribution in [3.05, 3.63) is 52.7 Å². The maximum Gasteiger partial charge on any atom is 0.242 e. The van der Waals surface area contributed by atoms with Crippen LogP contribution in [0.25, 0.3) is 0 Å². The van der Waals surface area contributed by atoms with Gasteiger partial charge in [0.2, 0.25) is 5.91 Å². The van der Waals surface area contributed by atoms with Gasteiger partial charge >= 0.3 is 0 Å². The largest absolute Gasteiger partial charge is 0.444 e. The number of carbonyl (C=O) groups is 1. The van der Waals surface area contributed by atoms with Crippen LogP contribution in [0.2, 0.25) is 0 Å². The minimum atomic E-state index is -1.43. The van der Waals surface area contributed by atoms with Crippen LogP contribution in [-0.2, 0) is 11.3 Å². The van der Waals surface area contributed by atoms with Gasteiger partial charge in [-0.3, -0.25) is 4.79 Å². The Balaban J connectivity index is 2.08. The van der Waals surface area contributed by atoms with E-state index in [0.717, 1.165) is 12.1 Å². The van der Waals surface area contributed by atoms with E-state index < -0.39 is 29.1 Å². The molecule has 1 atom stereocenters. The van der Waals surface area contributed by atoms with Gasteiger partial charge in [-0.05, 0) is 19.1 Å². The average molecular weight is 295 g/mol. The van der Waals surface area contributed by atoms with Crippen molar-refractivity contribution in [1.29, 1.82) is 0 Å². The predicted molar refractivity (Wildman–Crippen MR) is 71.1 cm³/mol. The third-order valence-electron chi connectivity index (χ3n) is 3.02. The second-order valence-electron chi connectivity index (χ2n) is 4.57. The molecule has 1 heterocycles. The van der Waals surface area contributed by atoms with Crippen LogP contribution >= 0.6 is 0 Å². The maximum atomic E-state index is 13.6. The number of carbonyl (C=O) groups excluding carboxylic acids is 1. The Morgan fingerprint density at radius 3 is 2.52 bits per heavy atom. The highest BCUT2D eigenvalue weighted by molar-refractivity contribution is 5.83. The summed E-state index contributed by atoms with van der Waals surface area (Å²) in [6.07, 6.45) is 0. The lowest BCUT2D eigenvalue weighted by Gasteiger charge is -2.13. The first-order valence-electron chi connectivity index (χ1n) is 6.30. The molecule has 21 heavy (non-hydrogen) atoms. The molecule has 0 saturated carbocycles. The Hall–Kier alpha value is -2.28. The van der Waals surface area contributed by atoms with Crippen LogP contribution < -0.4 is 11.1 Å². The molecule has 0 aliphatic heterocycles. The molecule has 0 fully saturated rings. The normalized spacial score (nSPS) is 12.2. The van der Waals surface area contributed by atoms with Gasteiger partial charge in [0, 0.05) is 12.5 Å². The minimum absolute atomic E-state index is 0.0509. The number of benzene rings is 1. The zero-order chi connectivity index (χ0) is 15.6. The summed E-state index contributed by atoms with van der Waals surface area (Å²) in [7, 11) is 0. The molecule has 1 aromatic heterocycles. The molecule has 5 nitrogen and oxygen atoms in total. The zero-order valence-corrected chi connectivity index (χ0v) is 11.6. The Morgan fingerprint density at radius 1 is 1.38 bits per heavy atom. The molecule has 0 bridgehead atoms.